The molecule has 1 saturated carbocycles. The number of nitrogens with zero attached hydrogens (tertiary/aromatic N) is 1. The van der Waals surface area contributed by atoms with Gasteiger partial charge >= 0.3 is 5.97 Å². The zero-order chi connectivity index (χ0) is 15.8. The summed E-state index contributed by atoms with van der Waals surface area (Å²) in [6.07, 6.45) is 0.855. The van der Waals surface area contributed by atoms with Crippen molar-refractivity contribution in [1.29, 1.82) is 0 Å². The summed E-state index contributed by atoms with van der Waals surface area (Å²) >= 11 is 0. The number of nitro benzene ring substituents is 1. The Labute approximate surface area is 122 Å². The van der Waals surface area contributed by atoms with Crippen LogP contribution in [0.3, 0.4) is 0 Å². The quantitative estimate of drug-likeness (QED) is 0.639. The summed E-state index contributed by atoms with van der Waals surface area (Å²) in [6.45, 7) is 4.06. The lowest BCUT2D eigenvalue weighted by atomic mass is 9.64. The number of hydrogen-bond donors (Lipinski definition) is 2. The monoisotopic (exact) mass is 294 g/mol. The maximum atomic E-state index is 11.1. The Hall–Kier alpha value is -2.15. The summed E-state index contributed by atoms with van der Waals surface area (Å²) in [4.78, 5) is 21.4. The van der Waals surface area contributed by atoms with Crippen LogP contribution in [-0.4, -0.2) is 35.3 Å². The van der Waals surface area contributed by atoms with Gasteiger partial charge < -0.3 is 15.2 Å². The first kappa shape index (κ1) is 15.2. The number of carboxylic acid groups (broad SMARTS) is 1. The second kappa shape index (κ2) is 5.33. The Morgan fingerprint density at radius 3 is 2.67 bits per heavy atom. The first-order valence-corrected chi connectivity index (χ1v) is 6.58. The Kier molecular flexibility index (Phi) is 3.87. The van der Waals surface area contributed by atoms with Crippen LogP contribution in [0.4, 0.5) is 11.4 Å². The molecule has 1 aromatic rings. The van der Waals surface area contributed by atoms with Gasteiger partial charge in [-0.05, 0) is 18.6 Å². The largest absolute Gasteiger partial charge is 0.478 e. The van der Waals surface area contributed by atoms with Gasteiger partial charge in [-0.25, -0.2) is 4.79 Å². The van der Waals surface area contributed by atoms with Crippen LogP contribution in [0.15, 0.2) is 18.2 Å². The van der Waals surface area contributed by atoms with Crippen molar-refractivity contribution in [3.05, 3.63) is 33.9 Å². The zero-order valence-electron chi connectivity index (χ0n) is 12.1. The number of nitrogens with one attached hydrogen (secondary N) is 1. The fraction of sp³-hybridized carbons (Fsp3) is 0.500. The molecule has 0 aliphatic heterocycles. The molecule has 0 amide bonds. The summed E-state index contributed by atoms with van der Waals surface area (Å²) in [5.41, 5.74) is -0.146. The van der Waals surface area contributed by atoms with Gasteiger partial charge in [-0.1, -0.05) is 13.8 Å². The molecule has 0 radical (unpaired) electrons. The van der Waals surface area contributed by atoms with Gasteiger partial charge in [-0.15, -0.1) is 0 Å². The van der Waals surface area contributed by atoms with Crippen LogP contribution in [0.25, 0.3) is 0 Å². The molecule has 21 heavy (non-hydrogen) atoms. The first-order chi connectivity index (χ1) is 9.77. The van der Waals surface area contributed by atoms with Gasteiger partial charge in [0.2, 0.25) is 0 Å². The van der Waals surface area contributed by atoms with Crippen molar-refractivity contribution in [2.45, 2.75) is 32.4 Å². The minimum absolute atomic E-state index is 0.0387. The number of carboxylic acids is 1. The molecule has 7 nitrogen and oxygen atoms in total. The molecule has 1 aliphatic carbocycles. The molecule has 0 bridgehead atoms. The number of benzene rings is 1. The lowest BCUT2D eigenvalue weighted by Crippen LogP contribution is -2.57. The summed E-state index contributed by atoms with van der Waals surface area (Å²) < 4.78 is 5.35. The second-order valence-corrected chi connectivity index (χ2v) is 5.77. The molecule has 0 saturated heterocycles. The van der Waals surface area contributed by atoms with E-state index in [1.165, 1.54) is 12.1 Å². The molecule has 114 valence electrons. The molecular weight excluding hydrogens is 276 g/mol. The molecule has 2 N–H and O–H groups in total. The number of nitro groups is 1. The molecule has 0 aromatic heterocycles. The van der Waals surface area contributed by atoms with Crippen molar-refractivity contribution >= 4 is 17.3 Å². The minimum Gasteiger partial charge on any atom is -0.478 e. The van der Waals surface area contributed by atoms with E-state index in [1.54, 1.807) is 7.11 Å². The molecule has 2 atom stereocenters. The number of anilines is 1. The standard InChI is InChI=1S/C14H18N2O5/c1-14(2)11(7-12(14)21-3)15-9-5-4-8(13(17)18)6-10(9)16(19)20/h4-6,11-12,15H,7H2,1-3H3,(H,17,18). The van der Waals surface area contributed by atoms with Gasteiger partial charge in [-0.3, -0.25) is 10.1 Å². The average Bonchev–Trinajstić information content (AvgIpc) is 2.42. The molecule has 1 fully saturated rings. The lowest BCUT2D eigenvalue weighted by molar-refractivity contribution is -0.384. The van der Waals surface area contributed by atoms with Crippen molar-refractivity contribution in [1.82, 2.24) is 0 Å². The van der Waals surface area contributed by atoms with Gasteiger partial charge in [0.25, 0.3) is 5.69 Å². The van der Waals surface area contributed by atoms with Gasteiger partial charge in [0.05, 0.1) is 16.6 Å². The van der Waals surface area contributed by atoms with E-state index in [0.29, 0.717) is 5.69 Å². The highest BCUT2D eigenvalue weighted by Crippen LogP contribution is 2.44. The number of ether oxygens (including phenoxy) is 1. The molecule has 1 aromatic carbocycles. The highest BCUT2D eigenvalue weighted by molar-refractivity contribution is 5.89. The van der Waals surface area contributed by atoms with Crippen molar-refractivity contribution < 1.29 is 19.6 Å². The maximum Gasteiger partial charge on any atom is 0.335 e. The fourth-order valence-corrected chi connectivity index (χ4v) is 2.66. The maximum absolute atomic E-state index is 11.1. The fourth-order valence-electron chi connectivity index (χ4n) is 2.66. The van der Waals surface area contributed by atoms with Crippen LogP contribution in [-0.2, 0) is 4.74 Å². The molecule has 7 heteroatoms. The van der Waals surface area contributed by atoms with Crippen molar-refractivity contribution in [3.63, 3.8) is 0 Å². The van der Waals surface area contributed by atoms with E-state index >= 15 is 0 Å². The number of methoxy groups -OCH3 is 1. The van der Waals surface area contributed by atoms with Gasteiger partial charge in [-0.2, -0.15) is 0 Å². The van der Waals surface area contributed by atoms with Crippen molar-refractivity contribution in [3.8, 4) is 0 Å². The topological polar surface area (TPSA) is 102 Å². The van der Waals surface area contributed by atoms with E-state index in [-0.39, 0.29) is 28.8 Å². The van der Waals surface area contributed by atoms with Crippen LogP contribution >= 0.6 is 0 Å². The first-order valence-electron chi connectivity index (χ1n) is 6.58. The predicted molar refractivity (Wildman–Crippen MR) is 76.7 cm³/mol. The van der Waals surface area contributed by atoms with E-state index in [0.717, 1.165) is 12.5 Å². The van der Waals surface area contributed by atoms with Crippen molar-refractivity contribution in [2.75, 3.05) is 12.4 Å². The molecule has 2 rings (SSSR count). The summed E-state index contributed by atoms with van der Waals surface area (Å²) in [5, 5.41) is 23.2. The average molecular weight is 294 g/mol. The summed E-state index contributed by atoms with van der Waals surface area (Å²) in [6, 6.07) is 3.91. The minimum atomic E-state index is -1.19. The van der Waals surface area contributed by atoms with Crippen LogP contribution in [0.2, 0.25) is 0 Å². The predicted octanol–water partition coefficient (Wildman–Crippen LogP) is 2.52. The third-order valence-electron chi connectivity index (χ3n) is 4.23. The number of aromatic carboxylic acids is 1. The highest BCUT2D eigenvalue weighted by Gasteiger charge is 2.49. The smallest absolute Gasteiger partial charge is 0.335 e. The Morgan fingerprint density at radius 1 is 1.52 bits per heavy atom. The van der Waals surface area contributed by atoms with Gasteiger partial charge in [0.15, 0.2) is 0 Å². The van der Waals surface area contributed by atoms with E-state index in [4.69, 9.17) is 9.84 Å². The normalized spacial score (nSPS) is 23.2. The van der Waals surface area contributed by atoms with E-state index < -0.39 is 10.9 Å². The van der Waals surface area contributed by atoms with Crippen LogP contribution < -0.4 is 5.32 Å². The van der Waals surface area contributed by atoms with Crippen LogP contribution in [0.5, 0.6) is 0 Å². The summed E-state index contributed by atoms with van der Waals surface area (Å²) in [5.74, 6) is -1.19. The Balaban J connectivity index is 2.25. The Bertz CT molecular complexity index is 585. The van der Waals surface area contributed by atoms with Crippen molar-refractivity contribution in [2.24, 2.45) is 5.41 Å². The molecule has 1 aliphatic rings. The highest BCUT2D eigenvalue weighted by atomic mass is 16.6. The van der Waals surface area contributed by atoms with Crippen LogP contribution in [0, 0.1) is 15.5 Å². The molecule has 0 spiro atoms. The van der Waals surface area contributed by atoms with Crippen LogP contribution in [0.1, 0.15) is 30.6 Å². The SMILES string of the molecule is COC1CC(Nc2ccc(C(=O)O)cc2[N+](=O)[O-])C1(C)C. The van der Waals surface area contributed by atoms with E-state index in [9.17, 15) is 14.9 Å². The second-order valence-electron chi connectivity index (χ2n) is 5.77. The van der Waals surface area contributed by atoms with E-state index in [2.05, 4.69) is 5.32 Å². The van der Waals surface area contributed by atoms with E-state index in [1.807, 2.05) is 13.8 Å². The summed E-state index contributed by atoms with van der Waals surface area (Å²) in [7, 11) is 1.65. The molecule has 2 unspecified atom stereocenters. The third-order valence-corrected chi connectivity index (χ3v) is 4.23. The molecule has 0 heterocycles. The van der Waals surface area contributed by atoms with Gasteiger partial charge in [0, 0.05) is 24.6 Å². The Morgan fingerprint density at radius 2 is 2.19 bits per heavy atom. The number of hydrogen-bond acceptors (Lipinski definition) is 5. The lowest BCUT2D eigenvalue weighted by Gasteiger charge is -2.51. The third kappa shape index (κ3) is 2.69. The number of rotatable bonds is 5. The zero-order valence-corrected chi connectivity index (χ0v) is 12.1. The number of carbonyl (C=O) groups is 1. The van der Waals surface area contributed by atoms with Gasteiger partial charge in [0.1, 0.15) is 5.69 Å². The molecular formula is C14H18N2O5.